The first-order valence-electron chi connectivity index (χ1n) is 9.18. The van der Waals surface area contributed by atoms with Crippen molar-refractivity contribution >= 4 is 41.3 Å². The fourth-order valence-corrected chi connectivity index (χ4v) is 3.71. The quantitative estimate of drug-likeness (QED) is 0.320. The normalized spacial score (nSPS) is 19.8. The molecule has 1 aliphatic heterocycles. The number of halogens is 4. The van der Waals surface area contributed by atoms with Crippen molar-refractivity contribution in [1.82, 2.24) is 20.5 Å². The van der Waals surface area contributed by atoms with E-state index in [9.17, 15) is 13.2 Å². The molecule has 0 aromatic carbocycles. The van der Waals surface area contributed by atoms with Gasteiger partial charge in [-0.15, -0.1) is 35.3 Å². The predicted octanol–water partition coefficient (Wildman–Crippen LogP) is 2.99. The smallest absolute Gasteiger partial charge is 0.379 e. The van der Waals surface area contributed by atoms with E-state index in [1.807, 2.05) is 6.92 Å². The summed E-state index contributed by atoms with van der Waals surface area (Å²) >= 11 is 1.03. The lowest BCUT2D eigenvalue weighted by Crippen LogP contribution is -2.49. The lowest BCUT2D eigenvalue weighted by Gasteiger charge is -2.37. The van der Waals surface area contributed by atoms with E-state index in [0.29, 0.717) is 43.1 Å². The molecule has 1 aromatic heterocycles. The molecule has 1 saturated heterocycles. The number of ether oxygens (including phenoxy) is 1. The molecule has 0 saturated carbocycles. The van der Waals surface area contributed by atoms with Crippen LogP contribution in [0.25, 0.3) is 0 Å². The van der Waals surface area contributed by atoms with Crippen LogP contribution in [-0.2, 0) is 17.3 Å². The van der Waals surface area contributed by atoms with E-state index in [2.05, 4.69) is 39.4 Å². The lowest BCUT2D eigenvalue weighted by atomic mass is 10.2. The molecule has 0 bridgehead atoms. The number of thiazole rings is 1. The molecular formula is C17H29F3IN5OS. The molecule has 162 valence electrons. The zero-order valence-electron chi connectivity index (χ0n) is 16.4. The number of hydrogen-bond acceptors (Lipinski definition) is 5. The average Bonchev–Trinajstić information content (AvgIpc) is 3.09. The molecule has 2 rings (SSSR count). The Morgan fingerprint density at radius 1 is 1.46 bits per heavy atom. The highest BCUT2D eigenvalue weighted by Gasteiger charge is 2.33. The maximum Gasteiger partial charge on any atom is 0.434 e. The third kappa shape index (κ3) is 7.99. The first-order valence-corrected chi connectivity index (χ1v) is 10.1. The Bertz CT molecular complexity index is 614. The van der Waals surface area contributed by atoms with Crippen molar-refractivity contribution < 1.29 is 17.9 Å². The number of morpholine rings is 1. The second-order valence-electron chi connectivity index (χ2n) is 6.53. The van der Waals surface area contributed by atoms with Crippen molar-refractivity contribution in [2.24, 2.45) is 4.99 Å². The van der Waals surface area contributed by atoms with Crippen molar-refractivity contribution in [3.63, 3.8) is 0 Å². The predicted molar refractivity (Wildman–Crippen MR) is 117 cm³/mol. The van der Waals surface area contributed by atoms with Gasteiger partial charge < -0.3 is 15.4 Å². The van der Waals surface area contributed by atoms with E-state index in [4.69, 9.17) is 4.74 Å². The van der Waals surface area contributed by atoms with Gasteiger partial charge in [0.2, 0.25) is 0 Å². The van der Waals surface area contributed by atoms with E-state index in [-0.39, 0.29) is 30.0 Å². The van der Waals surface area contributed by atoms with E-state index in [1.165, 1.54) is 0 Å². The monoisotopic (exact) mass is 535 g/mol. The Morgan fingerprint density at radius 2 is 2.21 bits per heavy atom. The molecule has 1 aliphatic rings. The molecule has 0 aliphatic carbocycles. The number of nitrogens with zero attached hydrogens (tertiary/aromatic N) is 3. The van der Waals surface area contributed by atoms with E-state index >= 15 is 0 Å². The largest absolute Gasteiger partial charge is 0.434 e. The minimum atomic E-state index is -4.38. The molecule has 0 radical (unpaired) electrons. The molecule has 0 spiro atoms. The number of rotatable bonds is 7. The Labute approximate surface area is 185 Å². The summed E-state index contributed by atoms with van der Waals surface area (Å²) in [6.07, 6.45) is -3.97. The molecule has 6 nitrogen and oxygen atoms in total. The van der Waals surface area contributed by atoms with Crippen LogP contribution in [0.15, 0.2) is 10.4 Å². The first kappa shape index (κ1) is 25.4. The maximum absolute atomic E-state index is 12.6. The lowest BCUT2D eigenvalue weighted by molar-refractivity contribution is -0.140. The zero-order valence-corrected chi connectivity index (χ0v) is 19.5. The Morgan fingerprint density at radius 3 is 2.82 bits per heavy atom. The van der Waals surface area contributed by atoms with Crippen molar-refractivity contribution in [3.8, 4) is 0 Å². The third-order valence-electron chi connectivity index (χ3n) is 4.32. The summed E-state index contributed by atoms with van der Waals surface area (Å²) in [6, 6.07) is 0.653. The van der Waals surface area contributed by atoms with Crippen molar-refractivity contribution in [1.29, 1.82) is 0 Å². The molecule has 0 amide bonds. The topological polar surface area (TPSA) is 61.8 Å². The van der Waals surface area contributed by atoms with Gasteiger partial charge in [-0.3, -0.25) is 9.89 Å². The molecule has 2 N–H and O–H groups in total. The van der Waals surface area contributed by atoms with Gasteiger partial charge in [0.15, 0.2) is 11.7 Å². The van der Waals surface area contributed by atoms with Gasteiger partial charge in [-0.05, 0) is 20.8 Å². The highest BCUT2D eigenvalue weighted by atomic mass is 127. The van der Waals surface area contributed by atoms with Crippen molar-refractivity contribution in [2.45, 2.75) is 45.5 Å². The van der Waals surface area contributed by atoms with Gasteiger partial charge in [-0.25, -0.2) is 4.98 Å². The van der Waals surface area contributed by atoms with E-state index < -0.39 is 11.9 Å². The van der Waals surface area contributed by atoms with Gasteiger partial charge in [-0.2, -0.15) is 13.2 Å². The first-order chi connectivity index (χ1) is 12.8. The molecule has 1 aromatic rings. The van der Waals surface area contributed by atoms with Crippen LogP contribution in [0.2, 0.25) is 0 Å². The van der Waals surface area contributed by atoms with Crippen molar-refractivity contribution in [2.75, 3.05) is 39.4 Å². The summed E-state index contributed by atoms with van der Waals surface area (Å²) in [4.78, 5) is 10.6. The summed E-state index contributed by atoms with van der Waals surface area (Å²) in [5.74, 6) is 0.665. The summed E-state index contributed by atoms with van der Waals surface area (Å²) in [5, 5.41) is 7.85. The summed E-state index contributed by atoms with van der Waals surface area (Å²) in [6.45, 7) is 10.5. The Balaban J connectivity index is 0.00000392. The molecule has 11 heteroatoms. The molecule has 28 heavy (non-hydrogen) atoms. The second kappa shape index (κ2) is 12.1. The number of guanidine groups is 1. The molecule has 2 unspecified atom stereocenters. The molecule has 1 fully saturated rings. The second-order valence-corrected chi connectivity index (χ2v) is 7.47. The van der Waals surface area contributed by atoms with Gasteiger partial charge in [0.1, 0.15) is 0 Å². The van der Waals surface area contributed by atoms with Gasteiger partial charge in [0, 0.05) is 43.5 Å². The highest BCUT2D eigenvalue weighted by molar-refractivity contribution is 14.0. The number of hydrogen-bond donors (Lipinski definition) is 2. The van der Waals surface area contributed by atoms with E-state index in [1.54, 1.807) is 0 Å². The zero-order chi connectivity index (χ0) is 19.9. The fourth-order valence-electron chi connectivity index (χ4n) is 2.91. The fraction of sp³-hybridized carbons (Fsp3) is 0.765. The highest BCUT2D eigenvalue weighted by Crippen LogP contribution is 2.29. The van der Waals surface area contributed by atoms with Gasteiger partial charge in [0.05, 0.1) is 24.8 Å². The third-order valence-corrected chi connectivity index (χ3v) is 5.23. The van der Waals surface area contributed by atoms with Gasteiger partial charge >= 0.3 is 6.18 Å². The number of alkyl halides is 3. The summed E-state index contributed by atoms with van der Waals surface area (Å²) < 4.78 is 43.3. The van der Waals surface area contributed by atoms with Crippen LogP contribution in [0.4, 0.5) is 13.2 Å². The summed E-state index contributed by atoms with van der Waals surface area (Å²) in [5.41, 5.74) is -0.823. The number of aromatic nitrogens is 1. The average molecular weight is 535 g/mol. The SMILES string of the molecule is CCNC(=NCC(C)N1CCOCC1C)NCCc1nc(C(F)(F)F)cs1.I. The van der Waals surface area contributed by atoms with E-state index in [0.717, 1.165) is 36.5 Å². The molecular weight excluding hydrogens is 506 g/mol. The molecule has 2 heterocycles. The standard InChI is InChI=1S/C17H28F3N5OS.HI/c1-4-21-16(23-9-12(2)25-7-8-26-10-13(25)3)22-6-5-15-24-14(11-27-15)17(18,19)20;/h11-13H,4-10H2,1-3H3,(H2,21,22,23);1H. The van der Waals surface area contributed by atoms with Crippen LogP contribution < -0.4 is 10.6 Å². The van der Waals surface area contributed by atoms with Crippen LogP contribution >= 0.6 is 35.3 Å². The van der Waals surface area contributed by atoms with Crippen LogP contribution in [0.1, 0.15) is 31.5 Å². The Kier molecular flexibility index (Phi) is 11.0. The van der Waals surface area contributed by atoms with Crippen LogP contribution in [-0.4, -0.2) is 67.3 Å². The maximum atomic E-state index is 12.6. The van der Waals surface area contributed by atoms with Crippen LogP contribution in [0.3, 0.4) is 0 Å². The van der Waals surface area contributed by atoms with Crippen LogP contribution in [0, 0.1) is 0 Å². The van der Waals surface area contributed by atoms with Crippen LogP contribution in [0.5, 0.6) is 0 Å². The molecule has 2 atom stereocenters. The van der Waals surface area contributed by atoms with Gasteiger partial charge in [0.25, 0.3) is 0 Å². The van der Waals surface area contributed by atoms with Crippen molar-refractivity contribution in [3.05, 3.63) is 16.1 Å². The summed E-state index contributed by atoms with van der Waals surface area (Å²) in [7, 11) is 0. The number of aliphatic imine (C=N–C) groups is 1. The van der Waals surface area contributed by atoms with Gasteiger partial charge in [-0.1, -0.05) is 0 Å². The minimum Gasteiger partial charge on any atom is -0.379 e. The minimum absolute atomic E-state index is 0. The Hall–Kier alpha value is -0.660. The number of nitrogens with one attached hydrogen (secondary N) is 2.